The van der Waals surface area contributed by atoms with Crippen LogP contribution in [0.3, 0.4) is 0 Å². The van der Waals surface area contributed by atoms with Crippen LogP contribution >= 0.6 is 31.9 Å². The van der Waals surface area contributed by atoms with Gasteiger partial charge in [-0.2, -0.15) is 23.4 Å². The van der Waals surface area contributed by atoms with Gasteiger partial charge in [-0.25, -0.2) is 19.0 Å². The number of ether oxygens (including phenoxy) is 2. The summed E-state index contributed by atoms with van der Waals surface area (Å²) in [5.41, 5.74) is 5.62. The van der Waals surface area contributed by atoms with E-state index < -0.39 is 41.1 Å². The number of hydrogen-bond acceptors (Lipinski definition) is 10. The van der Waals surface area contributed by atoms with Crippen LogP contribution < -0.4 is 11.1 Å². The smallest absolute Gasteiger partial charge is 0.461 e. The van der Waals surface area contributed by atoms with Crippen molar-refractivity contribution in [2.75, 3.05) is 24.3 Å². The zero-order valence-electron chi connectivity index (χ0n) is 23.8. The summed E-state index contributed by atoms with van der Waals surface area (Å²) in [6.45, 7) is 3.34. The molecular weight excluding hydrogens is 761 g/mol. The third-order valence-corrected chi connectivity index (χ3v) is 6.64. The monoisotopic (exact) mass is 786 g/mol. The van der Waals surface area contributed by atoms with Crippen LogP contribution in [0, 0.1) is 0 Å². The lowest BCUT2D eigenvalue weighted by Crippen LogP contribution is -2.31. The topological polar surface area (TPSA) is 178 Å². The van der Waals surface area contributed by atoms with Gasteiger partial charge in [-0.15, -0.1) is 0 Å². The molecule has 13 nitrogen and oxygen atoms in total. The van der Waals surface area contributed by atoms with Gasteiger partial charge in [0, 0.05) is 8.95 Å². The second-order valence-corrected chi connectivity index (χ2v) is 10.5. The van der Waals surface area contributed by atoms with Gasteiger partial charge in [0.1, 0.15) is 11.6 Å². The Kier molecular flexibility index (Phi) is 13.6. The standard InChI is InChI=1S/C15H11BrF3N3O4.C13H12BrN3O3.CH4/c1-2-26-13(24)11-10(7-23)12(20-14(25)15(17,18)19)22(21-11)9-5-3-4-8(16)6-9;1-2-20-13(19)11-10(7-18)12(15)17(16-11)9-5-3-4-8(14)6-9;/h3-7H,2H2,1H3,(H,20,25);3-7H,2,15H2,1H3;1H4. The molecule has 4 aromatic rings. The molecule has 0 aliphatic heterocycles. The Bertz CT molecular complexity index is 1790. The van der Waals surface area contributed by atoms with Crippen LogP contribution in [0.1, 0.15) is 63.0 Å². The number of nitrogen functional groups attached to an aromatic ring is 1. The summed E-state index contributed by atoms with van der Waals surface area (Å²) in [5.74, 6) is -4.49. The van der Waals surface area contributed by atoms with Crippen LogP contribution in [0.4, 0.5) is 24.8 Å². The molecule has 0 radical (unpaired) electrons. The molecular formula is C29H27Br2F3N6O7. The number of carbonyl (C=O) groups is 5. The number of amides is 1. The van der Waals surface area contributed by atoms with E-state index in [0.29, 0.717) is 16.4 Å². The molecule has 0 aliphatic rings. The SMILES string of the molecule is C.CCOC(=O)c1nn(-c2cccc(Br)c2)c(N)c1C=O.CCOC(=O)c1nn(-c2cccc(Br)c2)c(NC(=O)C(F)(F)F)c1C=O. The van der Waals surface area contributed by atoms with Crippen molar-refractivity contribution in [1.82, 2.24) is 19.6 Å². The van der Waals surface area contributed by atoms with E-state index in [0.717, 1.165) is 9.15 Å². The first-order valence-corrected chi connectivity index (χ1v) is 14.5. The number of anilines is 2. The van der Waals surface area contributed by atoms with E-state index in [1.165, 1.54) is 23.7 Å². The maximum atomic E-state index is 12.6. The van der Waals surface area contributed by atoms with E-state index in [-0.39, 0.29) is 49.7 Å². The molecule has 2 heterocycles. The van der Waals surface area contributed by atoms with Crippen molar-refractivity contribution < 1.29 is 46.6 Å². The number of halogens is 5. The van der Waals surface area contributed by atoms with E-state index in [1.54, 1.807) is 42.6 Å². The van der Waals surface area contributed by atoms with Crippen LogP contribution in [0.5, 0.6) is 0 Å². The summed E-state index contributed by atoms with van der Waals surface area (Å²) in [6.07, 6.45) is -4.57. The largest absolute Gasteiger partial charge is 0.471 e. The minimum Gasteiger partial charge on any atom is -0.461 e. The number of esters is 2. The lowest BCUT2D eigenvalue weighted by molar-refractivity contribution is -0.167. The Labute approximate surface area is 282 Å². The van der Waals surface area contributed by atoms with Crippen molar-refractivity contribution in [3.63, 3.8) is 0 Å². The van der Waals surface area contributed by atoms with Crippen LogP contribution in [0.2, 0.25) is 0 Å². The van der Waals surface area contributed by atoms with Crippen molar-refractivity contribution in [1.29, 1.82) is 0 Å². The number of benzene rings is 2. The number of nitrogens with one attached hydrogen (secondary N) is 1. The number of rotatable bonds is 9. The molecule has 250 valence electrons. The molecule has 0 aliphatic carbocycles. The van der Waals surface area contributed by atoms with Crippen molar-refractivity contribution in [3.8, 4) is 11.4 Å². The zero-order chi connectivity index (χ0) is 34.2. The summed E-state index contributed by atoms with van der Waals surface area (Å²) in [4.78, 5) is 57.6. The third-order valence-electron chi connectivity index (χ3n) is 5.65. The molecule has 1 amide bonds. The van der Waals surface area contributed by atoms with E-state index >= 15 is 0 Å². The molecule has 2 aromatic carbocycles. The van der Waals surface area contributed by atoms with E-state index in [2.05, 4.69) is 42.1 Å². The predicted molar refractivity (Wildman–Crippen MR) is 171 cm³/mol. The fraction of sp³-hybridized carbons (Fsp3) is 0.207. The normalized spacial score (nSPS) is 10.5. The fourth-order valence-electron chi connectivity index (χ4n) is 3.70. The summed E-state index contributed by atoms with van der Waals surface area (Å²) in [5, 5.41) is 9.52. The number of hydrogen-bond donors (Lipinski definition) is 2. The van der Waals surface area contributed by atoms with Gasteiger partial charge in [0.15, 0.2) is 24.0 Å². The number of nitrogens with two attached hydrogens (primary N) is 1. The minimum atomic E-state index is -5.20. The Hall–Kier alpha value is -4.84. The number of nitrogens with zero attached hydrogens (tertiary/aromatic N) is 4. The Morgan fingerprint density at radius 1 is 0.851 bits per heavy atom. The molecule has 0 saturated carbocycles. The van der Waals surface area contributed by atoms with Crippen LogP contribution in [0.15, 0.2) is 57.5 Å². The number of aldehydes is 2. The summed E-state index contributed by atoms with van der Waals surface area (Å²) in [6, 6.07) is 13.3. The first kappa shape index (κ1) is 38.3. The highest BCUT2D eigenvalue weighted by molar-refractivity contribution is 9.10. The van der Waals surface area contributed by atoms with E-state index in [4.69, 9.17) is 15.2 Å². The molecule has 0 fully saturated rings. The maximum Gasteiger partial charge on any atom is 0.471 e. The number of alkyl halides is 3. The average molecular weight is 788 g/mol. The molecule has 2 aromatic heterocycles. The molecule has 4 rings (SSSR count). The second-order valence-electron chi connectivity index (χ2n) is 8.67. The van der Waals surface area contributed by atoms with E-state index in [9.17, 15) is 37.1 Å². The average Bonchev–Trinajstić information content (AvgIpc) is 3.54. The van der Waals surface area contributed by atoms with Crippen LogP contribution in [0.25, 0.3) is 11.4 Å². The van der Waals surface area contributed by atoms with E-state index in [1.807, 2.05) is 6.07 Å². The van der Waals surface area contributed by atoms with Crippen molar-refractivity contribution in [2.45, 2.75) is 27.5 Å². The van der Waals surface area contributed by atoms with Crippen LogP contribution in [-0.2, 0) is 14.3 Å². The van der Waals surface area contributed by atoms with Crippen molar-refractivity contribution in [2.24, 2.45) is 0 Å². The summed E-state index contributed by atoms with van der Waals surface area (Å²) < 4.78 is 51.1. The second kappa shape index (κ2) is 16.6. The van der Waals surface area contributed by atoms with Crippen molar-refractivity contribution in [3.05, 3.63) is 80.0 Å². The maximum absolute atomic E-state index is 12.6. The Morgan fingerprint density at radius 3 is 1.72 bits per heavy atom. The third kappa shape index (κ3) is 9.13. The lowest BCUT2D eigenvalue weighted by atomic mass is 10.2. The Balaban J connectivity index is 0.000000330. The van der Waals surface area contributed by atoms with Gasteiger partial charge in [-0.05, 0) is 50.2 Å². The summed E-state index contributed by atoms with van der Waals surface area (Å²) in [7, 11) is 0. The predicted octanol–water partition coefficient (Wildman–Crippen LogP) is 5.97. The lowest BCUT2D eigenvalue weighted by Gasteiger charge is -2.11. The Morgan fingerprint density at radius 2 is 1.30 bits per heavy atom. The van der Waals surface area contributed by atoms with Gasteiger partial charge in [0.05, 0.1) is 35.7 Å². The molecule has 18 heteroatoms. The fourth-order valence-corrected chi connectivity index (χ4v) is 4.47. The molecule has 3 N–H and O–H groups in total. The molecule has 47 heavy (non-hydrogen) atoms. The zero-order valence-corrected chi connectivity index (χ0v) is 27.0. The van der Waals surface area contributed by atoms with Gasteiger partial charge in [-0.3, -0.25) is 14.4 Å². The highest BCUT2D eigenvalue weighted by Crippen LogP contribution is 2.27. The van der Waals surface area contributed by atoms with Crippen LogP contribution in [-0.4, -0.2) is 69.4 Å². The van der Waals surface area contributed by atoms with Gasteiger partial charge in [-0.1, -0.05) is 51.4 Å². The molecule has 0 unspecified atom stereocenters. The molecule has 0 saturated heterocycles. The highest BCUT2D eigenvalue weighted by Gasteiger charge is 2.40. The molecule has 0 atom stereocenters. The first-order chi connectivity index (χ1) is 21.8. The summed E-state index contributed by atoms with van der Waals surface area (Å²) >= 11 is 6.53. The first-order valence-electron chi connectivity index (χ1n) is 12.9. The van der Waals surface area contributed by atoms with Gasteiger partial charge < -0.3 is 20.5 Å². The number of aromatic nitrogens is 4. The minimum absolute atomic E-state index is 0. The van der Waals surface area contributed by atoms with Gasteiger partial charge in [0.25, 0.3) is 0 Å². The van der Waals surface area contributed by atoms with Gasteiger partial charge >= 0.3 is 24.0 Å². The van der Waals surface area contributed by atoms with Crippen molar-refractivity contribution >= 4 is 73.9 Å². The molecule has 0 spiro atoms. The quantitative estimate of drug-likeness (QED) is 0.152. The van der Waals surface area contributed by atoms with Gasteiger partial charge in [0.2, 0.25) is 0 Å². The number of carbonyl (C=O) groups excluding carboxylic acids is 5. The highest BCUT2D eigenvalue weighted by atomic mass is 79.9. The molecule has 0 bridgehead atoms.